The van der Waals surface area contributed by atoms with Gasteiger partial charge in [0, 0.05) is 11.8 Å². The fourth-order valence-corrected chi connectivity index (χ4v) is 2.35. The Hall–Kier alpha value is -2.40. The van der Waals surface area contributed by atoms with Crippen LogP contribution in [-0.2, 0) is 9.84 Å². The molecule has 0 spiro atoms. The van der Waals surface area contributed by atoms with Gasteiger partial charge in [-0.3, -0.25) is 4.79 Å². The predicted octanol–water partition coefficient (Wildman–Crippen LogP) is 2.69. The number of aromatic hydroxyl groups is 1. The fraction of sp³-hybridized carbons (Fsp3) is 0.0625. The Labute approximate surface area is 123 Å². The Morgan fingerprint density at radius 1 is 1.00 bits per heavy atom. The second-order valence-electron chi connectivity index (χ2n) is 4.59. The molecule has 108 valence electrons. The van der Waals surface area contributed by atoms with Gasteiger partial charge in [0.2, 0.25) is 0 Å². The van der Waals surface area contributed by atoms with Crippen LogP contribution in [0.25, 0.3) is 6.08 Å². The standard InChI is InChI=1S/C16H14O4S/c1-21(19,20)15-9-5-13(6-10-15)16(18)11-4-12-2-7-14(17)8-3-12/h2-11,17H,1H3/b11-4+. The van der Waals surface area contributed by atoms with Crippen molar-refractivity contribution in [3.8, 4) is 5.75 Å². The highest BCUT2D eigenvalue weighted by Crippen LogP contribution is 2.13. The first-order chi connectivity index (χ1) is 9.86. The minimum absolute atomic E-state index is 0.162. The zero-order valence-electron chi connectivity index (χ0n) is 11.4. The molecule has 0 aromatic heterocycles. The number of sulfone groups is 1. The number of hydrogen-bond acceptors (Lipinski definition) is 4. The lowest BCUT2D eigenvalue weighted by molar-refractivity contribution is 0.104. The topological polar surface area (TPSA) is 71.4 Å². The van der Waals surface area contributed by atoms with Crippen molar-refractivity contribution in [2.24, 2.45) is 0 Å². The molecule has 0 atom stereocenters. The maximum absolute atomic E-state index is 12.0. The normalized spacial score (nSPS) is 11.7. The van der Waals surface area contributed by atoms with Gasteiger partial charge in [0.05, 0.1) is 4.90 Å². The molecule has 0 aliphatic carbocycles. The zero-order valence-corrected chi connectivity index (χ0v) is 12.2. The molecule has 0 radical (unpaired) electrons. The highest BCUT2D eigenvalue weighted by atomic mass is 32.2. The first kappa shape index (κ1) is 15.0. The van der Waals surface area contributed by atoms with E-state index in [0.717, 1.165) is 11.8 Å². The van der Waals surface area contributed by atoms with E-state index in [1.807, 2.05) is 0 Å². The number of carbonyl (C=O) groups is 1. The van der Waals surface area contributed by atoms with Crippen molar-refractivity contribution >= 4 is 21.7 Å². The number of ketones is 1. The average Bonchev–Trinajstić information content (AvgIpc) is 2.45. The molecule has 0 fully saturated rings. The number of allylic oxidation sites excluding steroid dienone is 1. The van der Waals surface area contributed by atoms with Gasteiger partial charge >= 0.3 is 0 Å². The summed E-state index contributed by atoms with van der Waals surface area (Å²) in [6, 6.07) is 12.2. The third-order valence-electron chi connectivity index (χ3n) is 2.89. The summed E-state index contributed by atoms with van der Waals surface area (Å²) in [5.74, 6) is -0.0574. The lowest BCUT2D eigenvalue weighted by atomic mass is 10.1. The number of carbonyl (C=O) groups excluding carboxylic acids is 1. The second-order valence-corrected chi connectivity index (χ2v) is 6.60. The summed E-state index contributed by atoms with van der Waals surface area (Å²) in [6.45, 7) is 0. The Morgan fingerprint density at radius 2 is 1.57 bits per heavy atom. The van der Waals surface area contributed by atoms with E-state index in [4.69, 9.17) is 5.11 Å². The van der Waals surface area contributed by atoms with Gasteiger partial charge in [-0.2, -0.15) is 0 Å². The Balaban J connectivity index is 2.15. The molecule has 0 amide bonds. The van der Waals surface area contributed by atoms with Crippen LogP contribution in [0.15, 0.2) is 59.5 Å². The summed E-state index contributed by atoms with van der Waals surface area (Å²) in [5.41, 5.74) is 1.20. The maximum atomic E-state index is 12.0. The number of phenolic OH excluding ortho intramolecular Hbond substituents is 1. The van der Waals surface area contributed by atoms with E-state index in [9.17, 15) is 13.2 Å². The van der Waals surface area contributed by atoms with Gasteiger partial charge < -0.3 is 5.11 Å². The number of phenols is 1. The molecule has 2 rings (SSSR count). The van der Waals surface area contributed by atoms with Crippen LogP contribution in [0, 0.1) is 0 Å². The summed E-state index contributed by atoms with van der Waals surface area (Å²) in [4.78, 5) is 12.1. The SMILES string of the molecule is CS(=O)(=O)c1ccc(C(=O)/C=C/c2ccc(O)cc2)cc1. The minimum Gasteiger partial charge on any atom is -0.508 e. The van der Waals surface area contributed by atoms with Gasteiger partial charge in [-0.25, -0.2) is 8.42 Å². The predicted molar refractivity (Wildman–Crippen MR) is 81.0 cm³/mol. The van der Waals surface area contributed by atoms with Crippen molar-refractivity contribution in [3.05, 3.63) is 65.7 Å². The van der Waals surface area contributed by atoms with Crippen LogP contribution in [0.2, 0.25) is 0 Å². The smallest absolute Gasteiger partial charge is 0.185 e. The molecule has 4 nitrogen and oxygen atoms in total. The quantitative estimate of drug-likeness (QED) is 0.696. The molecule has 0 aliphatic rings. The third-order valence-corrected chi connectivity index (χ3v) is 4.02. The third kappa shape index (κ3) is 4.03. The molecule has 0 unspecified atom stereocenters. The monoisotopic (exact) mass is 302 g/mol. The molecule has 2 aromatic rings. The van der Waals surface area contributed by atoms with Gasteiger partial charge in [-0.05, 0) is 48.0 Å². The van der Waals surface area contributed by atoms with E-state index in [-0.39, 0.29) is 16.4 Å². The highest BCUT2D eigenvalue weighted by molar-refractivity contribution is 7.90. The molecular weight excluding hydrogens is 288 g/mol. The first-order valence-electron chi connectivity index (χ1n) is 6.18. The van der Waals surface area contributed by atoms with Crippen LogP contribution >= 0.6 is 0 Å². The van der Waals surface area contributed by atoms with Crippen molar-refractivity contribution in [2.45, 2.75) is 4.90 Å². The molecule has 0 aliphatic heterocycles. The van der Waals surface area contributed by atoms with Crippen molar-refractivity contribution in [2.75, 3.05) is 6.26 Å². The molecule has 0 saturated carbocycles. The number of rotatable bonds is 4. The van der Waals surface area contributed by atoms with Gasteiger partial charge in [-0.15, -0.1) is 0 Å². The zero-order chi connectivity index (χ0) is 15.5. The molecule has 1 N–H and O–H groups in total. The van der Waals surface area contributed by atoms with Crippen LogP contribution in [-0.4, -0.2) is 25.6 Å². The highest BCUT2D eigenvalue weighted by Gasteiger charge is 2.08. The summed E-state index contributed by atoms with van der Waals surface area (Å²) < 4.78 is 22.7. The largest absolute Gasteiger partial charge is 0.508 e. The maximum Gasteiger partial charge on any atom is 0.185 e. The van der Waals surface area contributed by atoms with Crippen molar-refractivity contribution in [3.63, 3.8) is 0 Å². The van der Waals surface area contributed by atoms with E-state index in [1.54, 1.807) is 18.2 Å². The van der Waals surface area contributed by atoms with Crippen LogP contribution in [0.1, 0.15) is 15.9 Å². The van der Waals surface area contributed by atoms with E-state index in [2.05, 4.69) is 0 Å². The number of hydrogen-bond donors (Lipinski definition) is 1. The minimum atomic E-state index is -3.26. The van der Waals surface area contributed by atoms with Crippen molar-refractivity contribution in [1.29, 1.82) is 0 Å². The summed E-state index contributed by atoms with van der Waals surface area (Å²) in [7, 11) is -3.26. The molecule has 0 heterocycles. The Morgan fingerprint density at radius 3 is 2.10 bits per heavy atom. The summed E-state index contributed by atoms with van der Waals surface area (Å²) in [5, 5.41) is 9.16. The Kier molecular flexibility index (Phi) is 4.23. The molecule has 21 heavy (non-hydrogen) atoms. The van der Waals surface area contributed by atoms with Crippen LogP contribution < -0.4 is 0 Å². The van der Waals surface area contributed by atoms with Gasteiger partial charge in [0.25, 0.3) is 0 Å². The van der Waals surface area contributed by atoms with E-state index >= 15 is 0 Å². The summed E-state index contributed by atoms with van der Waals surface area (Å²) >= 11 is 0. The fourth-order valence-electron chi connectivity index (χ4n) is 1.72. The summed E-state index contributed by atoms with van der Waals surface area (Å²) in [6.07, 6.45) is 4.16. The van der Waals surface area contributed by atoms with Crippen molar-refractivity contribution in [1.82, 2.24) is 0 Å². The van der Waals surface area contributed by atoms with E-state index in [0.29, 0.717) is 5.56 Å². The molecule has 2 aromatic carbocycles. The van der Waals surface area contributed by atoms with E-state index < -0.39 is 9.84 Å². The molecule has 0 saturated heterocycles. The van der Waals surface area contributed by atoms with Crippen LogP contribution in [0.3, 0.4) is 0 Å². The van der Waals surface area contributed by atoms with Crippen LogP contribution in [0.4, 0.5) is 0 Å². The lowest BCUT2D eigenvalue weighted by Crippen LogP contribution is -1.99. The van der Waals surface area contributed by atoms with Gasteiger partial charge in [-0.1, -0.05) is 18.2 Å². The van der Waals surface area contributed by atoms with E-state index in [1.165, 1.54) is 42.5 Å². The van der Waals surface area contributed by atoms with Gasteiger partial charge in [0.1, 0.15) is 5.75 Å². The molecule has 5 heteroatoms. The first-order valence-corrected chi connectivity index (χ1v) is 8.07. The van der Waals surface area contributed by atoms with Crippen LogP contribution in [0.5, 0.6) is 5.75 Å². The second kappa shape index (κ2) is 5.93. The van der Waals surface area contributed by atoms with Gasteiger partial charge in [0.15, 0.2) is 15.6 Å². The average molecular weight is 302 g/mol. The van der Waals surface area contributed by atoms with Crippen molar-refractivity contribution < 1.29 is 18.3 Å². The molecule has 0 bridgehead atoms. The number of benzene rings is 2. The lowest BCUT2D eigenvalue weighted by Gasteiger charge is -2.00. The Bertz CT molecular complexity index is 770. The molecular formula is C16H14O4S.